The van der Waals surface area contributed by atoms with Crippen molar-refractivity contribution < 1.29 is 9.53 Å². The lowest BCUT2D eigenvalue weighted by atomic mass is 10.0. The predicted molar refractivity (Wildman–Crippen MR) is 39.4 cm³/mol. The predicted octanol–water partition coefficient (Wildman–Crippen LogP) is 0.0365. The van der Waals surface area contributed by atoms with Crippen molar-refractivity contribution in [1.82, 2.24) is 0 Å². The number of esters is 1. The highest BCUT2D eigenvalue weighted by atomic mass is 16.5. The van der Waals surface area contributed by atoms with Gasteiger partial charge in [-0.1, -0.05) is 0 Å². The number of ether oxygens (including phenoxy) is 1. The molecule has 62 valence electrons. The van der Waals surface area contributed by atoms with Crippen LogP contribution in [-0.2, 0) is 9.53 Å². The van der Waals surface area contributed by atoms with Gasteiger partial charge in [0.1, 0.15) is 6.04 Å². The maximum Gasteiger partial charge on any atom is 0.322 e. The molecule has 0 saturated carbocycles. The number of hydrogen-bond acceptors (Lipinski definition) is 4. The van der Waals surface area contributed by atoms with Crippen LogP contribution in [0.15, 0.2) is 0 Å². The second kappa shape index (κ2) is 4.69. The number of nitrogens with two attached hydrogens (primary N) is 1. The van der Waals surface area contributed by atoms with Crippen LogP contribution in [0.25, 0.3) is 0 Å². The molecule has 0 aromatic carbocycles. The first-order valence-corrected chi connectivity index (χ1v) is 3.34. The lowest BCUT2D eigenvalue weighted by molar-refractivity contribution is -0.142. The maximum atomic E-state index is 10.7. The molecule has 0 heterocycles. The summed E-state index contributed by atoms with van der Waals surface area (Å²) in [7, 11) is 1.28. The van der Waals surface area contributed by atoms with Crippen molar-refractivity contribution in [3.8, 4) is 6.07 Å². The Morgan fingerprint density at radius 3 is 2.73 bits per heavy atom. The van der Waals surface area contributed by atoms with Gasteiger partial charge in [0, 0.05) is 5.92 Å². The molecule has 0 aromatic heterocycles. The number of nitriles is 1. The van der Waals surface area contributed by atoms with Crippen LogP contribution in [-0.4, -0.2) is 19.1 Å². The Morgan fingerprint density at radius 1 is 1.82 bits per heavy atom. The molecular weight excluding hydrogens is 144 g/mol. The Kier molecular flexibility index (Phi) is 4.23. The van der Waals surface area contributed by atoms with Crippen molar-refractivity contribution in [2.24, 2.45) is 11.7 Å². The Labute approximate surface area is 65.9 Å². The molecule has 2 N–H and O–H groups in total. The molecule has 4 heteroatoms. The number of carbonyl (C=O) groups excluding carboxylic acids is 1. The van der Waals surface area contributed by atoms with Crippen LogP contribution in [0.2, 0.25) is 0 Å². The minimum atomic E-state index is -0.672. The summed E-state index contributed by atoms with van der Waals surface area (Å²) in [6.07, 6.45) is 0.350. The van der Waals surface area contributed by atoms with Gasteiger partial charge in [-0.3, -0.25) is 4.79 Å². The van der Waals surface area contributed by atoms with E-state index in [2.05, 4.69) is 4.74 Å². The molecule has 0 saturated heterocycles. The van der Waals surface area contributed by atoms with Crippen molar-refractivity contribution >= 4 is 5.97 Å². The number of carbonyl (C=O) groups is 1. The van der Waals surface area contributed by atoms with Gasteiger partial charge in [-0.15, -0.1) is 0 Å². The SMILES string of the molecule is COC(=O)C(N)CC(C)C#N. The van der Waals surface area contributed by atoms with E-state index in [0.29, 0.717) is 6.42 Å². The van der Waals surface area contributed by atoms with Crippen LogP contribution in [0.1, 0.15) is 13.3 Å². The number of hydrogen-bond donors (Lipinski definition) is 1. The molecule has 2 atom stereocenters. The van der Waals surface area contributed by atoms with Gasteiger partial charge >= 0.3 is 5.97 Å². The minimum Gasteiger partial charge on any atom is -0.468 e. The molecule has 0 fully saturated rings. The quantitative estimate of drug-likeness (QED) is 0.585. The fourth-order valence-corrected chi connectivity index (χ4v) is 0.681. The van der Waals surface area contributed by atoms with E-state index in [4.69, 9.17) is 11.0 Å². The molecule has 0 spiro atoms. The Hall–Kier alpha value is -1.08. The zero-order chi connectivity index (χ0) is 8.85. The van der Waals surface area contributed by atoms with Gasteiger partial charge in [-0.2, -0.15) is 5.26 Å². The van der Waals surface area contributed by atoms with E-state index in [1.807, 2.05) is 6.07 Å². The minimum absolute atomic E-state index is 0.205. The summed E-state index contributed by atoms with van der Waals surface area (Å²) >= 11 is 0. The molecule has 0 amide bonds. The van der Waals surface area contributed by atoms with Crippen LogP contribution in [0.3, 0.4) is 0 Å². The monoisotopic (exact) mass is 156 g/mol. The van der Waals surface area contributed by atoms with Gasteiger partial charge in [0.15, 0.2) is 0 Å². The summed E-state index contributed by atoms with van der Waals surface area (Å²) in [5, 5.41) is 8.38. The number of nitrogens with zero attached hydrogens (tertiary/aromatic N) is 1. The highest BCUT2D eigenvalue weighted by molar-refractivity contribution is 5.75. The summed E-state index contributed by atoms with van der Waals surface area (Å²) in [6, 6.07) is 1.32. The number of rotatable bonds is 3. The van der Waals surface area contributed by atoms with Crippen molar-refractivity contribution in [2.75, 3.05) is 7.11 Å². The molecule has 0 rings (SSSR count). The molecule has 0 aliphatic heterocycles. The van der Waals surface area contributed by atoms with Crippen LogP contribution in [0, 0.1) is 17.2 Å². The first-order chi connectivity index (χ1) is 5.11. The van der Waals surface area contributed by atoms with E-state index in [9.17, 15) is 4.79 Å². The van der Waals surface area contributed by atoms with Crippen LogP contribution >= 0.6 is 0 Å². The lowest BCUT2D eigenvalue weighted by Gasteiger charge is -2.08. The molecule has 0 radical (unpaired) electrons. The molecule has 0 aliphatic carbocycles. The van der Waals surface area contributed by atoms with Crippen molar-refractivity contribution in [2.45, 2.75) is 19.4 Å². The third-order valence-electron chi connectivity index (χ3n) is 1.33. The standard InChI is InChI=1S/C7H12N2O2/c1-5(4-8)3-6(9)7(10)11-2/h5-6H,3,9H2,1-2H3. The smallest absolute Gasteiger partial charge is 0.322 e. The zero-order valence-electron chi connectivity index (χ0n) is 6.70. The first kappa shape index (κ1) is 9.92. The topological polar surface area (TPSA) is 76.1 Å². The number of methoxy groups -OCH3 is 1. The van der Waals surface area contributed by atoms with Gasteiger partial charge in [-0.25, -0.2) is 0 Å². The van der Waals surface area contributed by atoms with E-state index >= 15 is 0 Å². The second-order valence-corrected chi connectivity index (χ2v) is 2.40. The molecule has 2 unspecified atom stereocenters. The summed E-state index contributed by atoms with van der Waals surface area (Å²) in [6.45, 7) is 1.71. The zero-order valence-corrected chi connectivity index (χ0v) is 6.70. The van der Waals surface area contributed by atoms with Crippen molar-refractivity contribution in [3.05, 3.63) is 0 Å². The van der Waals surface area contributed by atoms with Crippen LogP contribution < -0.4 is 5.73 Å². The summed E-state index contributed by atoms with van der Waals surface area (Å²) in [5.41, 5.74) is 5.38. The third kappa shape index (κ3) is 3.58. The van der Waals surface area contributed by atoms with Crippen molar-refractivity contribution in [1.29, 1.82) is 5.26 Å². The Balaban J connectivity index is 3.79. The van der Waals surface area contributed by atoms with E-state index in [1.165, 1.54) is 7.11 Å². The highest BCUT2D eigenvalue weighted by Crippen LogP contribution is 2.03. The van der Waals surface area contributed by atoms with E-state index in [1.54, 1.807) is 6.92 Å². The van der Waals surface area contributed by atoms with E-state index < -0.39 is 12.0 Å². The van der Waals surface area contributed by atoms with Gasteiger partial charge < -0.3 is 10.5 Å². The normalized spacial score (nSPS) is 14.7. The van der Waals surface area contributed by atoms with E-state index in [-0.39, 0.29) is 5.92 Å². The fraction of sp³-hybridized carbons (Fsp3) is 0.714. The van der Waals surface area contributed by atoms with Gasteiger partial charge in [-0.05, 0) is 13.3 Å². The maximum absolute atomic E-state index is 10.7. The van der Waals surface area contributed by atoms with E-state index in [0.717, 1.165) is 0 Å². The molecule has 0 bridgehead atoms. The Morgan fingerprint density at radius 2 is 2.36 bits per heavy atom. The third-order valence-corrected chi connectivity index (χ3v) is 1.33. The second-order valence-electron chi connectivity index (χ2n) is 2.40. The van der Waals surface area contributed by atoms with Gasteiger partial charge in [0.05, 0.1) is 13.2 Å². The molecule has 0 aromatic rings. The van der Waals surface area contributed by atoms with Crippen LogP contribution in [0.4, 0.5) is 0 Å². The molecular formula is C7H12N2O2. The van der Waals surface area contributed by atoms with Gasteiger partial charge in [0.2, 0.25) is 0 Å². The summed E-state index contributed by atoms with van der Waals surface area (Å²) in [4.78, 5) is 10.7. The lowest BCUT2D eigenvalue weighted by Crippen LogP contribution is -2.32. The molecule has 4 nitrogen and oxygen atoms in total. The average Bonchev–Trinajstić information content (AvgIpc) is 2.02. The summed E-state index contributed by atoms with van der Waals surface area (Å²) < 4.78 is 4.38. The van der Waals surface area contributed by atoms with Crippen LogP contribution in [0.5, 0.6) is 0 Å². The average molecular weight is 156 g/mol. The van der Waals surface area contributed by atoms with Gasteiger partial charge in [0.25, 0.3) is 0 Å². The largest absolute Gasteiger partial charge is 0.468 e. The van der Waals surface area contributed by atoms with Crippen molar-refractivity contribution in [3.63, 3.8) is 0 Å². The molecule has 11 heavy (non-hydrogen) atoms. The Bertz CT molecular complexity index is 174. The first-order valence-electron chi connectivity index (χ1n) is 3.34. The summed E-state index contributed by atoms with van der Waals surface area (Å²) in [5.74, 6) is -0.670. The fourth-order valence-electron chi connectivity index (χ4n) is 0.681. The highest BCUT2D eigenvalue weighted by Gasteiger charge is 2.16. The molecule has 0 aliphatic rings.